The van der Waals surface area contributed by atoms with E-state index < -0.39 is 6.10 Å². The second-order valence-electron chi connectivity index (χ2n) is 4.29. The number of aliphatic hydroxyl groups excluding tert-OH is 1. The molecule has 1 aromatic rings. The minimum atomic E-state index is -0.607. The van der Waals surface area contributed by atoms with Gasteiger partial charge in [0.15, 0.2) is 0 Å². The van der Waals surface area contributed by atoms with E-state index >= 15 is 0 Å². The standard InChI is InChI=1S/C11H18BrN3O2/c1-7(2)13-4-9(16)6-15-8(3)14-5-10(12)11(15)17/h5,7,9,13,16H,4,6H2,1-3H3. The Morgan fingerprint density at radius 2 is 2.24 bits per heavy atom. The van der Waals surface area contributed by atoms with E-state index in [0.717, 1.165) is 0 Å². The van der Waals surface area contributed by atoms with Crippen LogP contribution in [0.1, 0.15) is 19.7 Å². The highest BCUT2D eigenvalue weighted by Gasteiger charge is 2.11. The van der Waals surface area contributed by atoms with E-state index in [0.29, 0.717) is 22.9 Å². The monoisotopic (exact) mass is 303 g/mol. The first-order chi connectivity index (χ1) is 7.91. The third kappa shape index (κ3) is 4.22. The molecule has 0 aromatic carbocycles. The highest BCUT2D eigenvalue weighted by atomic mass is 79.9. The quantitative estimate of drug-likeness (QED) is 0.839. The molecule has 1 aromatic heterocycles. The van der Waals surface area contributed by atoms with Crippen LogP contribution in [0.5, 0.6) is 0 Å². The fraction of sp³-hybridized carbons (Fsp3) is 0.636. The summed E-state index contributed by atoms with van der Waals surface area (Å²) in [5, 5.41) is 12.9. The van der Waals surface area contributed by atoms with Gasteiger partial charge in [0.1, 0.15) is 10.3 Å². The molecule has 2 N–H and O–H groups in total. The van der Waals surface area contributed by atoms with E-state index in [2.05, 4.69) is 26.2 Å². The maximum absolute atomic E-state index is 11.8. The lowest BCUT2D eigenvalue weighted by atomic mass is 10.3. The highest BCUT2D eigenvalue weighted by molar-refractivity contribution is 9.10. The Labute approximate surface area is 109 Å². The fourth-order valence-electron chi connectivity index (χ4n) is 1.41. The summed E-state index contributed by atoms with van der Waals surface area (Å²) < 4.78 is 1.88. The van der Waals surface area contributed by atoms with Crippen molar-refractivity contribution < 1.29 is 5.11 Å². The Morgan fingerprint density at radius 3 is 2.82 bits per heavy atom. The van der Waals surface area contributed by atoms with E-state index in [1.54, 1.807) is 6.92 Å². The lowest BCUT2D eigenvalue weighted by Crippen LogP contribution is -2.37. The highest BCUT2D eigenvalue weighted by Crippen LogP contribution is 2.02. The van der Waals surface area contributed by atoms with Crippen molar-refractivity contribution in [3.63, 3.8) is 0 Å². The van der Waals surface area contributed by atoms with Gasteiger partial charge in [-0.25, -0.2) is 4.98 Å². The molecule has 1 rings (SSSR count). The number of aliphatic hydroxyl groups is 1. The summed E-state index contributed by atoms with van der Waals surface area (Å²) in [6, 6.07) is 0.308. The van der Waals surface area contributed by atoms with Crippen molar-refractivity contribution >= 4 is 15.9 Å². The Hall–Kier alpha value is -0.720. The molecule has 5 nitrogen and oxygen atoms in total. The summed E-state index contributed by atoms with van der Waals surface area (Å²) >= 11 is 3.14. The van der Waals surface area contributed by atoms with Gasteiger partial charge in [-0.2, -0.15) is 0 Å². The molecule has 96 valence electrons. The summed E-state index contributed by atoms with van der Waals surface area (Å²) in [6.45, 7) is 6.46. The first-order valence-corrected chi connectivity index (χ1v) is 6.34. The van der Waals surface area contributed by atoms with Crippen molar-refractivity contribution in [1.82, 2.24) is 14.9 Å². The molecule has 0 spiro atoms. The predicted molar refractivity (Wildman–Crippen MR) is 70.1 cm³/mol. The molecule has 1 unspecified atom stereocenters. The van der Waals surface area contributed by atoms with E-state index in [1.165, 1.54) is 10.8 Å². The molecule has 0 aliphatic rings. The lowest BCUT2D eigenvalue weighted by Gasteiger charge is -2.16. The summed E-state index contributed by atoms with van der Waals surface area (Å²) in [4.78, 5) is 15.9. The van der Waals surface area contributed by atoms with Crippen LogP contribution in [0, 0.1) is 6.92 Å². The van der Waals surface area contributed by atoms with Crippen LogP contribution in [-0.4, -0.2) is 33.3 Å². The minimum Gasteiger partial charge on any atom is -0.390 e. The smallest absolute Gasteiger partial charge is 0.267 e. The van der Waals surface area contributed by atoms with E-state index in [-0.39, 0.29) is 12.1 Å². The number of aryl methyl sites for hydroxylation is 1. The van der Waals surface area contributed by atoms with Crippen LogP contribution in [0.25, 0.3) is 0 Å². The van der Waals surface area contributed by atoms with Crippen molar-refractivity contribution in [1.29, 1.82) is 0 Å². The third-order valence-corrected chi connectivity index (χ3v) is 2.90. The van der Waals surface area contributed by atoms with Gasteiger partial charge in [0.25, 0.3) is 5.56 Å². The van der Waals surface area contributed by atoms with Crippen LogP contribution < -0.4 is 10.9 Å². The summed E-state index contributed by atoms with van der Waals surface area (Å²) in [7, 11) is 0. The topological polar surface area (TPSA) is 67.2 Å². The molecule has 1 heterocycles. The number of nitrogens with one attached hydrogen (secondary N) is 1. The third-order valence-electron chi connectivity index (χ3n) is 2.36. The molecule has 0 saturated carbocycles. The molecule has 1 atom stereocenters. The van der Waals surface area contributed by atoms with Crippen LogP contribution in [0.2, 0.25) is 0 Å². The molecule has 0 radical (unpaired) electrons. The van der Waals surface area contributed by atoms with Gasteiger partial charge in [-0.3, -0.25) is 9.36 Å². The SMILES string of the molecule is Cc1ncc(Br)c(=O)n1CC(O)CNC(C)C. The maximum Gasteiger partial charge on any atom is 0.267 e. The van der Waals surface area contributed by atoms with Crippen molar-refractivity contribution in [3.05, 3.63) is 26.8 Å². The van der Waals surface area contributed by atoms with Gasteiger partial charge in [-0.15, -0.1) is 0 Å². The van der Waals surface area contributed by atoms with E-state index in [9.17, 15) is 9.90 Å². The van der Waals surface area contributed by atoms with Gasteiger partial charge < -0.3 is 10.4 Å². The van der Waals surface area contributed by atoms with Gasteiger partial charge in [-0.1, -0.05) is 13.8 Å². The summed E-state index contributed by atoms with van der Waals surface area (Å²) in [5.41, 5.74) is -0.166. The zero-order valence-electron chi connectivity index (χ0n) is 10.3. The van der Waals surface area contributed by atoms with Gasteiger partial charge in [-0.05, 0) is 22.9 Å². The largest absolute Gasteiger partial charge is 0.390 e. The van der Waals surface area contributed by atoms with Crippen molar-refractivity contribution in [2.45, 2.75) is 39.5 Å². The molecule has 0 fully saturated rings. The average molecular weight is 304 g/mol. The van der Waals surface area contributed by atoms with E-state index in [1.807, 2.05) is 13.8 Å². The van der Waals surface area contributed by atoms with Crippen LogP contribution in [-0.2, 0) is 6.54 Å². The maximum atomic E-state index is 11.8. The molecule has 0 aliphatic carbocycles. The molecule has 0 aliphatic heterocycles. The van der Waals surface area contributed by atoms with Gasteiger partial charge in [0.05, 0.1) is 12.6 Å². The van der Waals surface area contributed by atoms with Gasteiger partial charge in [0.2, 0.25) is 0 Å². The molecular formula is C11H18BrN3O2. The molecule has 0 amide bonds. The molecule has 17 heavy (non-hydrogen) atoms. The van der Waals surface area contributed by atoms with Gasteiger partial charge >= 0.3 is 0 Å². The lowest BCUT2D eigenvalue weighted by molar-refractivity contribution is 0.146. The second kappa shape index (κ2) is 6.28. The van der Waals surface area contributed by atoms with Crippen molar-refractivity contribution in [2.75, 3.05) is 6.54 Å². The summed E-state index contributed by atoms with van der Waals surface area (Å²) in [5.74, 6) is 0.599. The van der Waals surface area contributed by atoms with Crippen LogP contribution in [0.4, 0.5) is 0 Å². The fourth-order valence-corrected chi connectivity index (χ4v) is 1.73. The first kappa shape index (κ1) is 14.3. The molecule has 0 saturated heterocycles. The van der Waals surface area contributed by atoms with Gasteiger partial charge in [0, 0.05) is 18.8 Å². The average Bonchev–Trinajstić information content (AvgIpc) is 2.27. The minimum absolute atomic E-state index is 0.166. The zero-order chi connectivity index (χ0) is 13.0. The number of nitrogens with zero attached hydrogens (tertiary/aromatic N) is 2. The molecule has 6 heteroatoms. The number of hydrogen-bond donors (Lipinski definition) is 2. The normalized spacial score (nSPS) is 13.1. The number of aromatic nitrogens is 2. The van der Waals surface area contributed by atoms with Crippen molar-refractivity contribution in [3.8, 4) is 0 Å². The molecular weight excluding hydrogens is 286 g/mol. The molecule has 0 bridgehead atoms. The second-order valence-corrected chi connectivity index (χ2v) is 5.14. The van der Waals surface area contributed by atoms with Crippen LogP contribution in [0.15, 0.2) is 15.5 Å². The predicted octanol–water partition coefficient (Wildman–Crippen LogP) is 0.673. The first-order valence-electron chi connectivity index (χ1n) is 5.55. The Kier molecular flexibility index (Phi) is 5.30. The number of rotatable bonds is 5. The zero-order valence-corrected chi connectivity index (χ0v) is 11.9. The Bertz CT molecular complexity index is 431. The summed E-state index contributed by atoms with van der Waals surface area (Å²) in [6.07, 6.45) is 0.873. The Balaban J connectivity index is 2.74. The van der Waals surface area contributed by atoms with Crippen LogP contribution >= 0.6 is 15.9 Å². The number of hydrogen-bond acceptors (Lipinski definition) is 4. The Morgan fingerprint density at radius 1 is 1.59 bits per heavy atom. The van der Waals surface area contributed by atoms with E-state index in [4.69, 9.17) is 0 Å². The van der Waals surface area contributed by atoms with Crippen LogP contribution in [0.3, 0.4) is 0 Å². The number of halogens is 1. The van der Waals surface area contributed by atoms with Crippen molar-refractivity contribution in [2.24, 2.45) is 0 Å².